The molecule has 0 fully saturated rings. The molecule has 2 aliphatic heterocycles. The van der Waals surface area contributed by atoms with Gasteiger partial charge in [-0.3, -0.25) is 14.6 Å². The molecule has 5 rings (SSSR count). The van der Waals surface area contributed by atoms with Crippen LogP contribution in [0.15, 0.2) is 88.8 Å². The summed E-state index contributed by atoms with van der Waals surface area (Å²) in [4.78, 5) is 37.2. The number of para-hydroxylation sites is 1. The van der Waals surface area contributed by atoms with Crippen LogP contribution in [0.5, 0.6) is 0 Å². The maximum absolute atomic E-state index is 13.4. The molecule has 6 nitrogen and oxygen atoms in total. The summed E-state index contributed by atoms with van der Waals surface area (Å²) in [6.45, 7) is 1.74. The quantitative estimate of drug-likeness (QED) is 0.580. The number of aliphatic imine (C=N–C) groups is 2. The zero-order valence-corrected chi connectivity index (χ0v) is 19.1. The van der Waals surface area contributed by atoms with Crippen LogP contribution in [0.1, 0.15) is 18.1 Å². The van der Waals surface area contributed by atoms with E-state index < -0.39 is 11.3 Å². The second-order valence-corrected chi connectivity index (χ2v) is 9.31. The summed E-state index contributed by atoms with van der Waals surface area (Å²) in [7, 11) is 0. The summed E-state index contributed by atoms with van der Waals surface area (Å²) in [5.41, 5.74) is 3.02. The lowest BCUT2D eigenvalue weighted by Crippen LogP contribution is -2.42. The summed E-state index contributed by atoms with van der Waals surface area (Å²) in [6.07, 6.45) is 0.487. The van der Waals surface area contributed by atoms with E-state index in [0.717, 1.165) is 11.1 Å². The van der Waals surface area contributed by atoms with Gasteiger partial charge in [0.15, 0.2) is 5.17 Å². The molecule has 2 aliphatic rings. The molecule has 0 saturated heterocycles. The molecule has 0 unspecified atom stereocenters. The number of benzene rings is 3. The highest BCUT2D eigenvalue weighted by Gasteiger charge is 2.42. The van der Waals surface area contributed by atoms with Crippen molar-refractivity contribution < 1.29 is 14.0 Å². The smallest absolute Gasteiger partial charge is 0.259 e. The van der Waals surface area contributed by atoms with Crippen molar-refractivity contribution in [1.29, 1.82) is 0 Å². The maximum atomic E-state index is 13.4. The van der Waals surface area contributed by atoms with Crippen LogP contribution >= 0.6 is 11.8 Å². The Bertz CT molecular complexity index is 1310. The number of fused-ring (bicyclic) bond motifs is 3. The van der Waals surface area contributed by atoms with E-state index in [-0.39, 0.29) is 17.6 Å². The molecule has 1 N–H and O–H groups in total. The molecule has 3 aromatic rings. The molecule has 170 valence electrons. The Labute approximate surface area is 200 Å². The summed E-state index contributed by atoms with van der Waals surface area (Å²) < 4.78 is 13.2. The Morgan fingerprint density at radius 2 is 1.76 bits per heavy atom. The highest BCUT2D eigenvalue weighted by molar-refractivity contribution is 8.15. The Hall–Kier alpha value is -3.78. The van der Waals surface area contributed by atoms with Gasteiger partial charge in [0, 0.05) is 17.7 Å². The average Bonchev–Trinajstić information content (AvgIpc) is 3.17. The van der Waals surface area contributed by atoms with Crippen molar-refractivity contribution in [3.63, 3.8) is 0 Å². The molecule has 2 atom stereocenters. The monoisotopic (exact) mass is 472 g/mol. The molecule has 0 spiro atoms. The molecular formula is C26H21FN4O2S. The first kappa shape index (κ1) is 22.0. The van der Waals surface area contributed by atoms with Crippen molar-refractivity contribution in [3.8, 4) is 0 Å². The third-order valence-electron chi connectivity index (χ3n) is 5.58. The normalized spacial score (nSPS) is 17.4. The molecule has 2 amide bonds. The number of carbonyl (C=O) groups excluding carboxylic acids is 2. The van der Waals surface area contributed by atoms with E-state index in [1.165, 1.54) is 40.9 Å². The molecule has 0 radical (unpaired) electrons. The highest BCUT2D eigenvalue weighted by Crippen LogP contribution is 2.35. The minimum atomic E-state index is -0.559. The predicted molar refractivity (Wildman–Crippen MR) is 133 cm³/mol. The van der Waals surface area contributed by atoms with Gasteiger partial charge in [-0.1, -0.05) is 54.2 Å². The molecule has 0 bridgehead atoms. The lowest BCUT2D eigenvalue weighted by atomic mass is 10.1. The van der Waals surface area contributed by atoms with Crippen LogP contribution < -0.4 is 5.32 Å². The fourth-order valence-corrected chi connectivity index (χ4v) is 4.76. The van der Waals surface area contributed by atoms with E-state index in [1.807, 2.05) is 54.6 Å². The molecule has 0 aliphatic carbocycles. The number of nitrogens with one attached hydrogen (secondary N) is 1. The summed E-state index contributed by atoms with van der Waals surface area (Å²) in [5.74, 6) is -0.250. The topological polar surface area (TPSA) is 74.1 Å². The molecule has 0 aromatic heterocycles. The number of thioether (sulfide) groups is 1. The first-order valence-electron chi connectivity index (χ1n) is 10.9. The van der Waals surface area contributed by atoms with Gasteiger partial charge in [-0.25, -0.2) is 14.3 Å². The SMILES string of the molecule is C[C@@H](SC1=Nc2ccccc2C2=N[C@@H](Cc3ccccc3)C(=O)N12)C(=O)Nc1ccc(F)cc1. The van der Waals surface area contributed by atoms with Crippen LogP contribution in [0.3, 0.4) is 0 Å². The van der Waals surface area contributed by atoms with Crippen LogP contribution in [-0.4, -0.2) is 39.0 Å². The van der Waals surface area contributed by atoms with E-state index in [1.54, 1.807) is 6.92 Å². The van der Waals surface area contributed by atoms with Gasteiger partial charge in [0.05, 0.1) is 10.9 Å². The summed E-state index contributed by atoms with van der Waals surface area (Å²) >= 11 is 1.19. The molecular weight excluding hydrogens is 451 g/mol. The van der Waals surface area contributed by atoms with Gasteiger partial charge in [-0.2, -0.15) is 0 Å². The fourth-order valence-electron chi connectivity index (χ4n) is 3.84. The van der Waals surface area contributed by atoms with Crippen molar-refractivity contribution in [2.45, 2.75) is 24.6 Å². The number of rotatable bonds is 5. The van der Waals surface area contributed by atoms with E-state index in [2.05, 4.69) is 5.32 Å². The summed E-state index contributed by atoms with van der Waals surface area (Å²) in [6, 6.07) is 22.3. The summed E-state index contributed by atoms with van der Waals surface area (Å²) in [5, 5.41) is 2.63. The molecule has 8 heteroatoms. The zero-order chi connectivity index (χ0) is 23.7. The number of halogens is 1. The minimum Gasteiger partial charge on any atom is -0.325 e. The van der Waals surface area contributed by atoms with Gasteiger partial charge in [-0.15, -0.1) is 0 Å². The van der Waals surface area contributed by atoms with Crippen LogP contribution in [0.2, 0.25) is 0 Å². The number of amidine groups is 2. The van der Waals surface area contributed by atoms with Gasteiger partial charge in [-0.05, 0) is 48.9 Å². The Morgan fingerprint density at radius 1 is 1.06 bits per heavy atom. The average molecular weight is 473 g/mol. The number of carbonyl (C=O) groups is 2. The number of anilines is 1. The van der Waals surface area contributed by atoms with Crippen molar-refractivity contribution in [2.75, 3.05) is 5.32 Å². The Morgan fingerprint density at radius 3 is 2.53 bits per heavy atom. The Kier molecular flexibility index (Phi) is 5.98. The fraction of sp³-hybridized carbons (Fsp3) is 0.154. The van der Waals surface area contributed by atoms with Gasteiger partial charge < -0.3 is 5.32 Å². The Balaban J connectivity index is 1.39. The number of nitrogens with zero attached hydrogens (tertiary/aromatic N) is 3. The first-order chi connectivity index (χ1) is 16.5. The van der Waals surface area contributed by atoms with Gasteiger partial charge in [0.2, 0.25) is 5.91 Å². The lowest BCUT2D eigenvalue weighted by molar-refractivity contribution is -0.124. The van der Waals surface area contributed by atoms with E-state index in [9.17, 15) is 14.0 Å². The van der Waals surface area contributed by atoms with Gasteiger partial charge in [0.25, 0.3) is 5.91 Å². The first-order valence-corrected chi connectivity index (χ1v) is 11.7. The van der Waals surface area contributed by atoms with Crippen LogP contribution in [-0.2, 0) is 16.0 Å². The van der Waals surface area contributed by atoms with Crippen LogP contribution in [0.4, 0.5) is 15.8 Å². The van der Waals surface area contributed by atoms with E-state index in [0.29, 0.717) is 28.8 Å². The standard InChI is InChI=1S/C26H21FN4O2S/c1-16(24(32)28-19-13-11-18(27)12-14-19)34-26-30-21-10-6-5-9-20(21)23-29-22(25(33)31(23)26)15-17-7-3-2-4-8-17/h2-14,16,22H,15H2,1H3,(H,28,32)/t16-,22+/m1/s1. The van der Waals surface area contributed by atoms with E-state index >= 15 is 0 Å². The molecule has 34 heavy (non-hydrogen) atoms. The molecule has 0 saturated carbocycles. The van der Waals surface area contributed by atoms with Crippen LogP contribution in [0.25, 0.3) is 0 Å². The second kappa shape index (κ2) is 9.23. The molecule has 3 aromatic carbocycles. The number of amides is 2. The van der Waals surface area contributed by atoms with Crippen LogP contribution in [0, 0.1) is 5.82 Å². The highest BCUT2D eigenvalue weighted by atomic mass is 32.2. The number of hydrogen-bond donors (Lipinski definition) is 1. The second-order valence-electron chi connectivity index (χ2n) is 8.00. The molecule has 2 heterocycles. The third kappa shape index (κ3) is 4.36. The number of hydrogen-bond acceptors (Lipinski definition) is 5. The van der Waals surface area contributed by atoms with Gasteiger partial charge in [0.1, 0.15) is 17.7 Å². The van der Waals surface area contributed by atoms with Crippen molar-refractivity contribution in [2.24, 2.45) is 9.98 Å². The lowest BCUT2D eigenvalue weighted by Gasteiger charge is -2.27. The maximum Gasteiger partial charge on any atom is 0.259 e. The predicted octanol–water partition coefficient (Wildman–Crippen LogP) is 4.79. The third-order valence-corrected chi connectivity index (χ3v) is 6.64. The largest absolute Gasteiger partial charge is 0.325 e. The van der Waals surface area contributed by atoms with Crippen molar-refractivity contribution in [1.82, 2.24) is 4.90 Å². The van der Waals surface area contributed by atoms with Crippen molar-refractivity contribution >= 4 is 46.0 Å². The van der Waals surface area contributed by atoms with Gasteiger partial charge >= 0.3 is 0 Å². The minimum absolute atomic E-state index is 0.161. The van der Waals surface area contributed by atoms with Crippen molar-refractivity contribution in [3.05, 3.63) is 95.8 Å². The van der Waals surface area contributed by atoms with E-state index in [4.69, 9.17) is 9.98 Å². The zero-order valence-electron chi connectivity index (χ0n) is 18.3.